The first kappa shape index (κ1) is 20.8. The summed E-state index contributed by atoms with van der Waals surface area (Å²) >= 11 is 0. The topological polar surface area (TPSA) is 41.7 Å². The Hall–Kier alpha value is -1.95. The van der Waals surface area contributed by atoms with E-state index in [1.54, 1.807) is 13.4 Å². The van der Waals surface area contributed by atoms with Crippen LogP contribution in [0.15, 0.2) is 52.9 Å². The Bertz CT molecular complexity index is 692. The number of nitrogens with zero attached hydrogens (tertiary/aromatic N) is 3. The summed E-state index contributed by atoms with van der Waals surface area (Å²) in [7, 11) is 1.78. The van der Waals surface area contributed by atoms with Gasteiger partial charge in [0.05, 0.1) is 12.9 Å². The third kappa shape index (κ3) is 6.89. The fourth-order valence-electron chi connectivity index (χ4n) is 3.92. The van der Waals surface area contributed by atoms with E-state index < -0.39 is 0 Å². The zero-order valence-corrected chi connectivity index (χ0v) is 17.2. The molecule has 0 saturated carbocycles. The minimum atomic E-state index is 0.747. The first-order chi connectivity index (χ1) is 13.7. The minimum absolute atomic E-state index is 0.747. The van der Waals surface area contributed by atoms with Crippen molar-refractivity contribution >= 4 is 6.08 Å². The molecule has 5 nitrogen and oxygen atoms in total. The fraction of sp³-hybridized carbons (Fsp3) is 0.522. The van der Waals surface area contributed by atoms with Crippen molar-refractivity contribution in [2.75, 3.05) is 46.4 Å². The van der Waals surface area contributed by atoms with E-state index >= 15 is 0 Å². The van der Waals surface area contributed by atoms with Crippen molar-refractivity contribution in [3.63, 3.8) is 0 Å². The van der Waals surface area contributed by atoms with Crippen molar-refractivity contribution in [1.29, 1.82) is 0 Å². The fourth-order valence-corrected chi connectivity index (χ4v) is 3.92. The zero-order valence-electron chi connectivity index (χ0n) is 17.2. The average Bonchev–Trinajstić information content (AvgIpc) is 3.21. The molecule has 0 N–H and O–H groups in total. The van der Waals surface area contributed by atoms with Crippen LogP contribution in [0.4, 0.5) is 0 Å². The monoisotopic (exact) mass is 383 g/mol. The van der Waals surface area contributed by atoms with Crippen LogP contribution in [-0.4, -0.2) is 61.2 Å². The standard InChI is InChI=1S/C23H33N3O2/c1-20(16-23-4-3-14-28-23)17-26(18-21-5-9-24-10-6-21)19-22-7-11-25(12-8-22)13-15-27-2/h3-6,9-10,14,16,22H,7-8,11-13,15,17-19H2,1-2H3/b20-16+. The summed E-state index contributed by atoms with van der Waals surface area (Å²) in [6, 6.07) is 8.18. The molecule has 0 spiro atoms. The molecule has 1 aliphatic rings. The van der Waals surface area contributed by atoms with Gasteiger partial charge in [0.15, 0.2) is 0 Å². The molecule has 1 saturated heterocycles. The van der Waals surface area contributed by atoms with Gasteiger partial charge in [-0.05, 0) is 74.7 Å². The van der Waals surface area contributed by atoms with Crippen LogP contribution in [0.1, 0.15) is 31.1 Å². The molecule has 0 amide bonds. The number of piperidine rings is 1. The van der Waals surface area contributed by atoms with E-state index in [0.29, 0.717) is 0 Å². The van der Waals surface area contributed by atoms with Crippen molar-refractivity contribution in [2.45, 2.75) is 26.3 Å². The normalized spacial score (nSPS) is 16.8. The molecular weight excluding hydrogens is 350 g/mol. The van der Waals surface area contributed by atoms with Crippen LogP contribution in [0, 0.1) is 5.92 Å². The van der Waals surface area contributed by atoms with Crippen LogP contribution in [-0.2, 0) is 11.3 Å². The highest BCUT2D eigenvalue weighted by molar-refractivity contribution is 5.46. The molecular formula is C23H33N3O2. The molecule has 2 aromatic heterocycles. The number of furan rings is 1. The highest BCUT2D eigenvalue weighted by Crippen LogP contribution is 2.20. The van der Waals surface area contributed by atoms with Crippen molar-refractivity contribution < 1.29 is 9.15 Å². The molecule has 5 heteroatoms. The molecule has 0 unspecified atom stereocenters. The Morgan fingerprint density at radius 3 is 2.75 bits per heavy atom. The molecule has 1 fully saturated rings. The Morgan fingerprint density at radius 2 is 2.07 bits per heavy atom. The van der Waals surface area contributed by atoms with Crippen molar-refractivity contribution in [3.05, 3.63) is 59.8 Å². The molecule has 1 aliphatic heterocycles. The molecule has 0 atom stereocenters. The maximum Gasteiger partial charge on any atom is 0.126 e. The summed E-state index contributed by atoms with van der Waals surface area (Å²) in [5.41, 5.74) is 2.64. The molecule has 3 heterocycles. The second-order valence-electron chi connectivity index (χ2n) is 7.81. The summed E-state index contributed by atoms with van der Waals surface area (Å²) in [5.74, 6) is 1.67. The Kier molecular flexibility index (Phi) is 8.27. The predicted molar refractivity (Wildman–Crippen MR) is 113 cm³/mol. The van der Waals surface area contributed by atoms with Crippen LogP contribution in [0.3, 0.4) is 0 Å². The molecule has 0 radical (unpaired) electrons. The maximum absolute atomic E-state index is 5.48. The molecule has 0 bridgehead atoms. The highest BCUT2D eigenvalue weighted by atomic mass is 16.5. The van der Waals surface area contributed by atoms with Crippen LogP contribution < -0.4 is 0 Å². The molecule has 28 heavy (non-hydrogen) atoms. The van der Waals surface area contributed by atoms with E-state index in [-0.39, 0.29) is 0 Å². The first-order valence-corrected chi connectivity index (χ1v) is 10.3. The molecule has 2 aromatic rings. The minimum Gasteiger partial charge on any atom is -0.465 e. The van der Waals surface area contributed by atoms with E-state index in [0.717, 1.165) is 44.5 Å². The van der Waals surface area contributed by atoms with E-state index in [9.17, 15) is 0 Å². The van der Waals surface area contributed by atoms with Gasteiger partial charge in [-0.15, -0.1) is 0 Å². The number of pyridine rings is 1. The lowest BCUT2D eigenvalue weighted by Gasteiger charge is -2.35. The summed E-state index contributed by atoms with van der Waals surface area (Å²) in [6.07, 6.45) is 10.2. The largest absolute Gasteiger partial charge is 0.465 e. The summed E-state index contributed by atoms with van der Waals surface area (Å²) in [5, 5.41) is 0. The van der Waals surface area contributed by atoms with Gasteiger partial charge in [-0.25, -0.2) is 0 Å². The SMILES string of the molecule is COCCN1CCC(CN(C/C(C)=C/c2ccco2)Cc2ccncc2)CC1. The lowest BCUT2D eigenvalue weighted by atomic mass is 9.95. The van der Waals surface area contributed by atoms with Crippen LogP contribution in [0.5, 0.6) is 0 Å². The Morgan fingerprint density at radius 1 is 1.29 bits per heavy atom. The molecule has 3 rings (SSSR count). The molecule has 152 valence electrons. The van der Waals surface area contributed by atoms with Gasteiger partial charge in [-0.1, -0.05) is 5.57 Å². The van der Waals surface area contributed by atoms with Crippen LogP contribution >= 0.6 is 0 Å². The lowest BCUT2D eigenvalue weighted by molar-refractivity contribution is 0.107. The molecule has 0 aliphatic carbocycles. The van der Waals surface area contributed by atoms with Gasteiger partial charge < -0.3 is 14.1 Å². The maximum atomic E-state index is 5.48. The number of hydrogen-bond acceptors (Lipinski definition) is 5. The highest BCUT2D eigenvalue weighted by Gasteiger charge is 2.21. The van der Waals surface area contributed by atoms with Crippen molar-refractivity contribution in [2.24, 2.45) is 5.92 Å². The number of likely N-dealkylation sites (tertiary alicyclic amines) is 1. The smallest absolute Gasteiger partial charge is 0.126 e. The van der Waals surface area contributed by atoms with E-state index in [1.165, 1.54) is 37.1 Å². The second-order valence-corrected chi connectivity index (χ2v) is 7.81. The van der Waals surface area contributed by atoms with Gasteiger partial charge in [0, 0.05) is 45.7 Å². The quantitative estimate of drug-likeness (QED) is 0.622. The van der Waals surface area contributed by atoms with Crippen molar-refractivity contribution in [1.82, 2.24) is 14.8 Å². The third-order valence-electron chi connectivity index (χ3n) is 5.40. The zero-order chi connectivity index (χ0) is 19.6. The van der Waals surface area contributed by atoms with Crippen LogP contribution in [0.25, 0.3) is 6.08 Å². The summed E-state index contributed by atoms with van der Waals surface area (Å²) in [4.78, 5) is 9.25. The lowest BCUT2D eigenvalue weighted by Crippen LogP contribution is -2.40. The Labute approximate surface area is 169 Å². The number of hydrogen-bond donors (Lipinski definition) is 0. The first-order valence-electron chi connectivity index (χ1n) is 10.3. The number of ether oxygens (including phenoxy) is 1. The number of aromatic nitrogens is 1. The average molecular weight is 384 g/mol. The predicted octanol–water partition coefficient (Wildman–Crippen LogP) is 3.94. The van der Waals surface area contributed by atoms with Gasteiger partial charge >= 0.3 is 0 Å². The second kappa shape index (κ2) is 11.1. The van der Waals surface area contributed by atoms with E-state index in [4.69, 9.17) is 9.15 Å². The van der Waals surface area contributed by atoms with Gasteiger partial charge in [-0.3, -0.25) is 9.88 Å². The Balaban J connectivity index is 1.58. The van der Waals surface area contributed by atoms with Gasteiger partial charge in [0.2, 0.25) is 0 Å². The van der Waals surface area contributed by atoms with Crippen LogP contribution in [0.2, 0.25) is 0 Å². The van der Waals surface area contributed by atoms with Gasteiger partial charge in [0.25, 0.3) is 0 Å². The summed E-state index contributed by atoms with van der Waals surface area (Å²) < 4.78 is 10.7. The summed E-state index contributed by atoms with van der Waals surface area (Å²) in [6.45, 7) is 9.46. The number of methoxy groups -OCH3 is 1. The third-order valence-corrected chi connectivity index (χ3v) is 5.40. The van der Waals surface area contributed by atoms with Crippen molar-refractivity contribution in [3.8, 4) is 0 Å². The van der Waals surface area contributed by atoms with Gasteiger partial charge in [-0.2, -0.15) is 0 Å². The number of rotatable bonds is 10. The van der Waals surface area contributed by atoms with E-state index in [1.807, 2.05) is 24.5 Å². The molecule has 0 aromatic carbocycles. The van der Waals surface area contributed by atoms with E-state index in [2.05, 4.69) is 39.9 Å². The van der Waals surface area contributed by atoms with Gasteiger partial charge in [0.1, 0.15) is 5.76 Å².